The Balaban J connectivity index is 2.05. The molecule has 0 saturated carbocycles. The molecule has 0 spiro atoms. The fourth-order valence-corrected chi connectivity index (χ4v) is 2.46. The highest BCUT2D eigenvalue weighted by Crippen LogP contribution is 2.21. The monoisotopic (exact) mass is 316 g/mol. The molecule has 0 fully saturated rings. The van der Waals surface area contributed by atoms with Crippen molar-refractivity contribution in [3.63, 3.8) is 0 Å². The molecule has 2 N–H and O–H groups in total. The largest absolute Gasteiger partial charge is 0.325 e. The molecule has 3 rings (SSSR count). The van der Waals surface area contributed by atoms with Crippen LogP contribution in [0.4, 0.5) is 4.39 Å². The van der Waals surface area contributed by atoms with E-state index in [9.17, 15) is 4.39 Å². The van der Waals surface area contributed by atoms with Crippen molar-refractivity contribution in [1.82, 2.24) is 15.0 Å². The first-order valence-corrected chi connectivity index (χ1v) is 7.19. The van der Waals surface area contributed by atoms with Crippen LogP contribution >= 0.6 is 11.6 Å². The third-order valence-corrected chi connectivity index (χ3v) is 3.69. The molecule has 1 heterocycles. The Kier molecular flexibility index (Phi) is 4.18. The summed E-state index contributed by atoms with van der Waals surface area (Å²) in [6, 6.07) is 14.4. The van der Waals surface area contributed by atoms with Gasteiger partial charge in [-0.3, -0.25) is 0 Å². The molecule has 0 aliphatic rings. The molecule has 0 radical (unpaired) electrons. The highest BCUT2D eigenvalue weighted by atomic mass is 35.5. The molecule has 0 aliphatic heterocycles. The lowest BCUT2D eigenvalue weighted by molar-refractivity contribution is 0.627. The lowest BCUT2D eigenvalue weighted by Gasteiger charge is -2.08. The first kappa shape index (κ1) is 14.7. The van der Waals surface area contributed by atoms with E-state index >= 15 is 0 Å². The molecule has 0 saturated heterocycles. The van der Waals surface area contributed by atoms with Crippen LogP contribution in [0.2, 0.25) is 5.02 Å². The summed E-state index contributed by atoms with van der Waals surface area (Å²) in [7, 11) is 0. The standard InChI is InChI=1S/C16H14ClFN4/c17-13-9-12(6-7-14(13)18)22-16(15(10-19)20-21-22)8-11-4-2-1-3-5-11/h1-7,9H,8,10,19H2. The number of rotatable bonds is 4. The van der Waals surface area contributed by atoms with Gasteiger partial charge in [0.25, 0.3) is 0 Å². The van der Waals surface area contributed by atoms with Crippen molar-refractivity contribution in [1.29, 1.82) is 0 Å². The summed E-state index contributed by atoms with van der Waals surface area (Å²) in [5.41, 5.74) is 9.11. The molecule has 0 unspecified atom stereocenters. The smallest absolute Gasteiger partial charge is 0.141 e. The van der Waals surface area contributed by atoms with Crippen molar-refractivity contribution < 1.29 is 4.39 Å². The number of hydrogen-bond donors (Lipinski definition) is 1. The number of nitrogens with two attached hydrogens (primary N) is 1. The molecule has 4 nitrogen and oxygen atoms in total. The van der Waals surface area contributed by atoms with Crippen LogP contribution < -0.4 is 5.73 Å². The summed E-state index contributed by atoms with van der Waals surface area (Å²) in [6.07, 6.45) is 0.634. The van der Waals surface area contributed by atoms with E-state index < -0.39 is 5.82 Å². The summed E-state index contributed by atoms with van der Waals surface area (Å²) in [5.74, 6) is -0.464. The molecular weight excluding hydrogens is 303 g/mol. The van der Waals surface area contributed by atoms with E-state index in [1.807, 2.05) is 30.3 Å². The maximum absolute atomic E-state index is 13.3. The van der Waals surface area contributed by atoms with Crippen LogP contribution in [-0.4, -0.2) is 15.0 Å². The second-order valence-electron chi connectivity index (χ2n) is 4.86. The van der Waals surface area contributed by atoms with Gasteiger partial charge in [-0.1, -0.05) is 47.1 Å². The van der Waals surface area contributed by atoms with Crippen molar-refractivity contribution in [3.8, 4) is 5.69 Å². The van der Waals surface area contributed by atoms with Crippen molar-refractivity contribution >= 4 is 11.6 Å². The Morgan fingerprint density at radius 1 is 1.14 bits per heavy atom. The highest BCUT2D eigenvalue weighted by Gasteiger charge is 2.14. The number of aromatic nitrogens is 3. The second-order valence-corrected chi connectivity index (χ2v) is 5.27. The van der Waals surface area contributed by atoms with E-state index in [2.05, 4.69) is 10.3 Å². The number of hydrogen-bond acceptors (Lipinski definition) is 3. The SMILES string of the molecule is NCc1nnn(-c2ccc(F)c(Cl)c2)c1Cc1ccccc1. The van der Waals surface area contributed by atoms with Gasteiger partial charge in [-0.25, -0.2) is 9.07 Å². The molecule has 1 aromatic heterocycles. The van der Waals surface area contributed by atoms with Crippen LogP contribution in [-0.2, 0) is 13.0 Å². The molecule has 2 aromatic carbocycles. The Bertz CT molecular complexity index is 786. The summed E-state index contributed by atoms with van der Waals surface area (Å²) in [4.78, 5) is 0. The maximum Gasteiger partial charge on any atom is 0.141 e. The first-order valence-electron chi connectivity index (χ1n) is 6.82. The van der Waals surface area contributed by atoms with Crippen LogP contribution in [0.1, 0.15) is 17.0 Å². The van der Waals surface area contributed by atoms with Gasteiger partial charge in [0.15, 0.2) is 0 Å². The highest BCUT2D eigenvalue weighted by molar-refractivity contribution is 6.30. The average Bonchev–Trinajstić information content (AvgIpc) is 2.94. The van der Waals surface area contributed by atoms with Gasteiger partial charge in [0.2, 0.25) is 0 Å². The Morgan fingerprint density at radius 3 is 2.59 bits per heavy atom. The first-order chi connectivity index (χ1) is 10.7. The molecule has 0 amide bonds. The summed E-state index contributed by atoms with van der Waals surface area (Å²) >= 11 is 5.86. The lowest BCUT2D eigenvalue weighted by atomic mass is 10.1. The fraction of sp³-hybridized carbons (Fsp3) is 0.125. The Hall–Kier alpha value is -2.24. The van der Waals surface area contributed by atoms with E-state index in [4.69, 9.17) is 17.3 Å². The summed E-state index contributed by atoms with van der Waals surface area (Å²) < 4.78 is 15.0. The van der Waals surface area contributed by atoms with Gasteiger partial charge in [-0.2, -0.15) is 0 Å². The van der Waals surface area contributed by atoms with E-state index in [-0.39, 0.29) is 11.6 Å². The van der Waals surface area contributed by atoms with E-state index in [1.165, 1.54) is 12.1 Å². The predicted molar refractivity (Wildman–Crippen MR) is 83.5 cm³/mol. The molecular formula is C16H14ClFN4. The van der Waals surface area contributed by atoms with Gasteiger partial charge < -0.3 is 5.73 Å². The molecule has 0 aliphatic carbocycles. The normalized spacial score (nSPS) is 10.9. The van der Waals surface area contributed by atoms with Gasteiger partial charge in [0.1, 0.15) is 11.5 Å². The maximum atomic E-state index is 13.3. The van der Waals surface area contributed by atoms with Crippen molar-refractivity contribution in [3.05, 3.63) is 76.3 Å². The van der Waals surface area contributed by atoms with Gasteiger partial charge in [0.05, 0.1) is 16.4 Å². The third-order valence-electron chi connectivity index (χ3n) is 3.40. The van der Waals surface area contributed by atoms with Crippen LogP contribution in [0.3, 0.4) is 0 Å². The summed E-state index contributed by atoms with van der Waals surface area (Å²) in [6.45, 7) is 0.289. The van der Waals surface area contributed by atoms with E-state index in [1.54, 1.807) is 10.7 Å². The number of nitrogens with zero attached hydrogens (tertiary/aromatic N) is 3. The van der Waals surface area contributed by atoms with Gasteiger partial charge in [0, 0.05) is 13.0 Å². The van der Waals surface area contributed by atoms with Crippen LogP contribution in [0.25, 0.3) is 5.69 Å². The quantitative estimate of drug-likeness (QED) is 0.804. The number of benzene rings is 2. The predicted octanol–water partition coefficient (Wildman–Crippen LogP) is 3.11. The zero-order valence-corrected chi connectivity index (χ0v) is 12.5. The zero-order chi connectivity index (χ0) is 15.5. The Morgan fingerprint density at radius 2 is 1.91 bits per heavy atom. The third kappa shape index (κ3) is 2.86. The zero-order valence-electron chi connectivity index (χ0n) is 11.7. The van der Waals surface area contributed by atoms with E-state index in [0.29, 0.717) is 17.8 Å². The van der Waals surface area contributed by atoms with Crippen molar-refractivity contribution in [2.45, 2.75) is 13.0 Å². The number of halogens is 2. The topological polar surface area (TPSA) is 56.7 Å². The lowest BCUT2D eigenvalue weighted by Crippen LogP contribution is -2.07. The second kappa shape index (κ2) is 6.25. The summed E-state index contributed by atoms with van der Waals surface area (Å²) in [5, 5.41) is 8.29. The van der Waals surface area contributed by atoms with Crippen LogP contribution in [0.5, 0.6) is 0 Å². The minimum Gasteiger partial charge on any atom is -0.325 e. The van der Waals surface area contributed by atoms with Crippen LogP contribution in [0, 0.1) is 5.82 Å². The Labute approximate surface area is 132 Å². The van der Waals surface area contributed by atoms with Crippen LogP contribution in [0.15, 0.2) is 48.5 Å². The van der Waals surface area contributed by atoms with E-state index in [0.717, 1.165) is 11.3 Å². The van der Waals surface area contributed by atoms with Gasteiger partial charge >= 0.3 is 0 Å². The average molecular weight is 317 g/mol. The fourth-order valence-electron chi connectivity index (χ4n) is 2.28. The van der Waals surface area contributed by atoms with Gasteiger partial charge in [-0.05, 0) is 23.8 Å². The molecule has 3 aromatic rings. The minimum atomic E-state index is -0.464. The molecule has 112 valence electrons. The minimum absolute atomic E-state index is 0.0490. The van der Waals surface area contributed by atoms with Crippen molar-refractivity contribution in [2.24, 2.45) is 5.73 Å². The molecule has 22 heavy (non-hydrogen) atoms. The van der Waals surface area contributed by atoms with Gasteiger partial charge in [-0.15, -0.1) is 5.10 Å². The van der Waals surface area contributed by atoms with Crippen molar-refractivity contribution in [2.75, 3.05) is 0 Å². The molecule has 6 heteroatoms. The molecule has 0 bridgehead atoms. The molecule has 0 atom stereocenters.